The van der Waals surface area contributed by atoms with E-state index in [1.54, 1.807) is 12.3 Å². The molecule has 0 aromatic carbocycles. The standard InChI is InChI=1S/C13H17NO2/c1-2-12-3-4-13(9-14-12)16-10-11-5-7-15-8-6-11/h2-4,9,11H,1,5-8,10H2. The third-order valence-electron chi connectivity index (χ3n) is 2.79. The lowest BCUT2D eigenvalue weighted by atomic mass is 10.0. The smallest absolute Gasteiger partial charge is 0.137 e. The molecular formula is C13H17NO2. The Labute approximate surface area is 96.1 Å². The van der Waals surface area contributed by atoms with Gasteiger partial charge in [-0.1, -0.05) is 6.58 Å². The zero-order valence-corrected chi connectivity index (χ0v) is 9.39. The van der Waals surface area contributed by atoms with E-state index in [0.717, 1.165) is 44.1 Å². The lowest BCUT2D eigenvalue weighted by molar-refractivity contribution is 0.0497. The van der Waals surface area contributed by atoms with Gasteiger partial charge in [0, 0.05) is 13.2 Å². The molecule has 1 saturated heterocycles. The molecule has 0 amide bonds. The van der Waals surface area contributed by atoms with Crippen LogP contribution >= 0.6 is 0 Å². The SMILES string of the molecule is C=Cc1ccc(OCC2CCOCC2)cn1. The normalized spacial score (nSPS) is 17.0. The molecule has 3 nitrogen and oxygen atoms in total. The summed E-state index contributed by atoms with van der Waals surface area (Å²) in [6, 6.07) is 3.84. The number of hydrogen-bond donors (Lipinski definition) is 0. The van der Waals surface area contributed by atoms with Crippen LogP contribution in [-0.2, 0) is 4.74 Å². The van der Waals surface area contributed by atoms with Gasteiger partial charge in [0.2, 0.25) is 0 Å². The van der Waals surface area contributed by atoms with Crippen molar-refractivity contribution >= 4 is 6.08 Å². The number of hydrogen-bond acceptors (Lipinski definition) is 3. The van der Waals surface area contributed by atoms with Crippen LogP contribution in [-0.4, -0.2) is 24.8 Å². The van der Waals surface area contributed by atoms with Gasteiger partial charge < -0.3 is 9.47 Å². The molecule has 1 aliphatic rings. The van der Waals surface area contributed by atoms with Crippen LogP contribution in [0.15, 0.2) is 24.9 Å². The van der Waals surface area contributed by atoms with E-state index in [-0.39, 0.29) is 0 Å². The summed E-state index contributed by atoms with van der Waals surface area (Å²) in [5, 5.41) is 0. The maximum absolute atomic E-state index is 5.69. The van der Waals surface area contributed by atoms with Crippen molar-refractivity contribution < 1.29 is 9.47 Å². The summed E-state index contributed by atoms with van der Waals surface area (Å²) in [4.78, 5) is 4.19. The van der Waals surface area contributed by atoms with Gasteiger partial charge in [-0.25, -0.2) is 0 Å². The van der Waals surface area contributed by atoms with Crippen LogP contribution < -0.4 is 4.74 Å². The minimum Gasteiger partial charge on any atom is -0.492 e. The molecule has 0 aliphatic carbocycles. The highest BCUT2D eigenvalue weighted by molar-refractivity contribution is 5.42. The summed E-state index contributed by atoms with van der Waals surface area (Å²) in [5.74, 6) is 1.45. The fraction of sp³-hybridized carbons (Fsp3) is 0.462. The Kier molecular flexibility index (Phi) is 3.94. The number of pyridine rings is 1. The Morgan fingerprint density at radius 2 is 2.25 bits per heavy atom. The number of rotatable bonds is 4. The first kappa shape index (κ1) is 11.1. The zero-order chi connectivity index (χ0) is 11.2. The van der Waals surface area contributed by atoms with Gasteiger partial charge in [0.05, 0.1) is 18.5 Å². The summed E-state index contributed by atoms with van der Waals surface area (Å²) >= 11 is 0. The van der Waals surface area contributed by atoms with Gasteiger partial charge in [-0.3, -0.25) is 4.98 Å². The van der Waals surface area contributed by atoms with Gasteiger partial charge >= 0.3 is 0 Å². The van der Waals surface area contributed by atoms with Crippen molar-refractivity contribution in [1.82, 2.24) is 4.98 Å². The summed E-state index contributed by atoms with van der Waals surface area (Å²) < 4.78 is 11.0. The minimum atomic E-state index is 0.618. The third kappa shape index (κ3) is 3.07. The Bertz CT molecular complexity index is 328. The van der Waals surface area contributed by atoms with Crippen molar-refractivity contribution in [1.29, 1.82) is 0 Å². The predicted octanol–water partition coefficient (Wildman–Crippen LogP) is 2.53. The largest absolute Gasteiger partial charge is 0.492 e. The summed E-state index contributed by atoms with van der Waals surface area (Å²) in [5.41, 5.74) is 0.874. The van der Waals surface area contributed by atoms with Crippen LogP contribution in [0.2, 0.25) is 0 Å². The first-order chi connectivity index (χ1) is 7.88. The summed E-state index contributed by atoms with van der Waals surface area (Å²) in [6.07, 6.45) is 5.66. The topological polar surface area (TPSA) is 31.4 Å². The van der Waals surface area contributed by atoms with Crippen LogP contribution in [0, 0.1) is 5.92 Å². The van der Waals surface area contributed by atoms with Crippen LogP contribution in [0.4, 0.5) is 0 Å². The molecule has 1 aromatic rings. The van der Waals surface area contributed by atoms with Crippen LogP contribution in [0.1, 0.15) is 18.5 Å². The highest BCUT2D eigenvalue weighted by Gasteiger charge is 2.14. The van der Waals surface area contributed by atoms with Gasteiger partial charge in [0.25, 0.3) is 0 Å². The molecule has 0 N–H and O–H groups in total. The van der Waals surface area contributed by atoms with Crippen LogP contribution in [0.3, 0.4) is 0 Å². The fourth-order valence-electron chi connectivity index (χ4n) is 1.73. The molecule has 1 fully saturated rings. The van der Waals surface area contributed by atoms with E-state index in [2.05, 4.69) is 11.6 Å². The maximum Gasteiger partial charge on any atom is 0.137 e. The second-order valence-electron chi connectivity index (χ2n) is 3.99. The first-order valence-corrected chi connectivity index (χ1v) is 5.67. The van der Waals surface area contributed by atoms with E-state index in [4.69, 9.17) is 9.47 Å². The van der Waals surface area contributed by atoms with E-state index in [0.29, 0.717) is 5.92 Å². The number of nitrogens with zero attached hydrogens (tertiary/aromatic N) is 1. The Hall–Kier alpha value is -1.35. The first-order valence-electron chi connectivity index (χ1n) is 5.67. The molecule has 0 spiro atoms. The highest BCUT2D eigenvalue weighted by Crippen LogP contribution is 2.17. The Balaban J connectivity index is 1.81. The van der Waals surface area contributed by atoms with E-state index in [9.17, 15) is 0 Å². The van der Waals surface area contributed by atoms with E-state index in [1.807, 2.05) is 12.1 Å². The molecule has 2 rings (SSSR count). The van der Waals surface area contributed by atoms with Gasteiger partial charge in [-0.05, 0) is 37.0 Å². The molecule has 16 heavy (non-hydrogen) atoms. The Morgan fingerprint density at radius 1 is 1.44 bits per heavy atom. The Morgan fingerprint density at radius 3 is 2.88 bits per heavy atom. The third-order valence-corrected chi connectivity index (χ3v) is 2.79. The molecule has 1 aliphatic heterocycles. The van der Waals surface area contributed by atoms with Crippen molar-refractivity contribution in [2.45, 2.75) is 12.8 Å². The molecule has 2 heterocycles. The van der Waals surface area contributed by atoms with E-state index in [1.165, 1.54) is 0 Å². The van der Waals surface area contributed by atoms with Crippen molar-refractivity contribution in [2.75, 3.05) is 19.8 Å². The quantitative estimate of drug-likeness (QED) is 0.779. The lowest BCUT2D eigenvalue weighted by Gasteiger charge is -2.21. The second kappa shape index (κ2) is 5.66. The highest BCUT2D eigenvalue weighted by atomic mass is 16.5. The van der Waals surface area contributed by atoms with Crippen LogP contribution in [0.5, 0.6) is 5.75 Å². The zero-order valence-electron chi connectivity index (χ0n) is 9.39. The van der Waals surface area contributed by atoms with E-state index < -0.39 is 0 Å². The van der Waals surface area contributed by atoms with Crippen molar-refractivity contribution in [2.24, 2.45) is 5.92 Å². The van der Waals surface area contributed by atoms with Gasteiger partial charge in [0.15, 0.2) is 0 Å². The van der Waals surface area contributed by atoms with Crippen LogP contribution in [0.25, 0.3) is 6.08 Å². The molecular weight excluding hydrogens is 202 g/mol. The molecule has 86 valence electrons. The average molecular weight is 219 g/mol. The molecule has 1 aromatic heterocycles. The van der Waals surface area contributed by atoms with Gasteiger partial charge in [-0.15, -0.1) is 0 Å². The van der Waals surface area contributed by atoms with Gasteiger partial charge in [0.1, 0.15) is 5.75 Å². The molecule has 0 saturated carbocycles. The number of aromatic nitrogens is 1. The van der Waals surface area contributed by atoms with Gasteiger partial charge in [-0.2, -0.15) is 0 Å². The average Bonchev–Trinajstić information content (AvgIpc) is 2.38. The van der Waals surface area contributed by atoms with Crippen molar-refractivity contribution in [3.63, 3.8) is 0 Å². The van der Waals surface area contributed by atoms with Crippen molar-refractivity contribution in [3.8, 4) is 5.75 Å². The fourth-order valence-corrected chi connectivity index (χ4v) is 1.73. The molecule has 3 heteroatoms. The monoisotopic (exact) mass is 219 g/mol. The number of ether oxygens (including phenoxy) is 2. The van der Waals surface area contributed by atoms with Crippen molar-refractivity contribution in [3.05, 3.63) is 30.6 Å². The maximum atomic E-state index is 5.69. The lowest BCUT2D eigenvalue weighted by Crippen LogP contribution is -2.21. The molecule has 0 unspecified atom stereocenters. The molecule has 0 bridgehead atoms. The molecule has 0 atom stereocenters. The summed E-state index contributed by atoms with van der Waals surface area (Å²) in [6.45, 7) is 6.15. The molecule has 0 radical (unpaired) electrons. The predicted molar refractivity (Wildman–Crippen MR) is 63.4 cm³/mol. The summed E-state index contributed by atoms with van der Waals surface area (Å²) in [7, 11) is 0. The minimum absolute atomic E-state index is 0.618. The second-order valence-corrected chi connectivity index (χ2v) is 3.99. The van der Waals surface area contributed by atoms with E-state index >= 15 is 0 Å².